The zero-order valence-corrected chi connectivity index (χ0v) is 26.4. The highest BCUT2D eigenvalue weighted by Gasteiger charge is 2.56. The number of nitrogens with zero attached hydrogens (tertiary/aromatic N) is 5. The van der Waals surface area contributed by atoms with Crippen molar-refractivity contribution in [3.05, 3.63) is 53.7 Å². The molecule has 2 aromatic carbocycles. The number of aromatic nitrogens is 2. The van der Waals surface area contributed by atoms with Gasteiger partial charge in [-0.2, -0.15) is 26.8 Å². The van der Waals surface area contributed by atoms with E-state index in [1.54, 1.807) is 4.90 Å². The first-order valence-corrected chi connectivity index (χ1v) is 16.4. The highest BCUT2D eigenvalue weighted by atomic mass is 32.2. The topological polar surface area (TPSA) is 155 Å². The molecule has 1 aliphatic carbocycles. The molecule has 2 N–H and O–H groups in total. The Morgan fingerprint density at radius 3 is 2.62 bits per heavy atom. The fraction of sp³-hybridized carbons (Fsp3) is 0.433. The number of rotatable bonds is 7. The van der Waals surface area contributed by atoms with Gasteiger partial charge in [-0.3, -0.25) is 4.79 Å². The predicted molar refractivity (Wildman–Crippen MR) is 160 cm³/mol. The van der Waals surface area contributed by atoms with Crippen molar-refractivity contribution in [1.82, 2.24) is 19.1 Å². The van der Waals surface area contributed by atoms with Crippen molar-refractivity contribution in [3.63, 3.8) is 0 Å². The van der Waals surface area contributed by atoms with Crippen molar-refractivity contribution in [2.75, 3.05) is 30.9 Å². The predicted octanol–water partition coefficient (Wildman–Crippen LogP) is 3.70. The van der Waals surface area contributed by atoms with Gasteiger partial charge in [0, 0.05) is 20.0 Å². The fourth-order valence-corrected chi connectivity index (χ4v) is 8.62. The first kappa shape index (κ1) is 33.4. The van der Waals surface area contributed by atoms with Crippen molar-refractivity contribution in [2.24, 2.45) is 11.7 Å². The lowest BCUT2D eigenvalue weighted by atomic mass is 9.58. The van der Waals surface area contributed by atoms with Gasteiger partial charge in [-0.25, -0.2) is 9.18 Å². The minimum Gasteiger partial charge on any atom is -0.453 e. The van der Waals surface area contributed by atoms with E-state index >= 15 is 4.39 Å². The van der Waals surface area contributed by atoms with Gasteiger partial charge in [-0.1, -0.05) is 17.3 Å². The number of benzene rings is 2. The van der Waals surface area contributed by atoms with Crippen LogP contribution >= 0.6 is 0 Å². The maximum atomic E-state index is 15.9. The third kappa shape index (κ3) is 5.88. The number of alkyl halides is 4. The van der Waals surface area contributed by atoms with Gasteiger partial charge in [0.15, 0.2) is 0 Å². The number of carbonyl (C=O) groups is 2. The van der Waals surface area contributed by atoms with Gasteiger partial charge in [-0.15, -0.1) is 0 Å². The van der Waals surface area contributed by atoms with Crippen molar-refractivity contribution in [3.8, 4) is 17.1 Å². The van der Waals surface area contributed by atoms with Gasteiger partial charge in [0.1, 0.15) is 28.3 Å². The summed E-state index contributed by atoms with van der Waals surface area (Å²) in [7, 11) is -2.19. The van der Waals surface area contributed by atoms with Crippen molar-refractivity contribution >= 4 is 33.6 Å². The van der Waals surface area contributed by atoms with Crippen LogP contribution in [0.5, 0.6) is 5.75 Å². The van der Waals surface area contributed by atoms with Crippen LogP contribution in [0.1, 0.15) is 31.2 Å². The highest BCUT2D eigenvalue weighted by Crippen LogP contribution is 2.52. The van der Waals surface area contributed by atoms with Crippen LogP contribution in [0, 0.1) is 11.7 Å². The molecule has 256 valence electrons. The number of halogens is 5. The Hall–Kier alpha value is -4.54. The number of piperidine rings is 2. The molecule has 1 unspecified atom stereocenters. The van der Waals surface area contributed by atoms with Gasteiger partial charge in [0.05, 0.1) is 30.3 Å². The maximum Gasteiger partial charge on any atom is 0.461 e. The SMILES string of the molecule is CC=[N+]=S1(=O)C[C@H](N)C(=O)N(Cc2ccc(OC(F)(F)C(F)F)cc2)c2cc(-c3noc(C45CC(CN(C(=O)OC)C4)C5)n3)c(F)cc21. The highest BCUT2D eigenvalue weighted by molar-refractivity contribution is 7.93. The molecule has 2 amide bonds. The van der Waals surface area contributed by atoms with E-state index in [9.17, 15) is 31.4 Å². The van der Waals surface area contributed by atoms with Crippen LogP contribution in [0.3, 0.4) is 0 Å². The maximum absolute atomic E-state index is 15.9. The third-order valence-corrected chi connectivity index (χ3v) is 11.0. The van der Waals surface area contributed by atoms with E-state index in [0.717, 1.165) is 23.1 Å². The second kappa shape index (κ2) is 12.2. The summed E-state index contributed by atoms with van der Waals surface area (Å²) < 4.78 is 101. The molecular formula is C30H30F5N6O6S+. The first-order valence-electron chi connectivity index (χ1n) is 14.7. The van der Waals surface area contributed by atoms with E-state index in [1.165, 1.54) is 38.4 Å². The molecule has 1 aromatic heterocycles. The lowest BCUT2D eigenvalue weighted by Gasteiger charge is -2.53. The standard InChI is InChI=1S/C30H30F5N6O6S/c1-3-37-48(44)14-21(36)25(42)41(13-16-4-6-18(7-5-16)46-30(34,35)26(32)33)22-8-19(20(31)9-23(22)48)24-38-27(47-39-24)29-10-17(11-29)12-40(15-29)28(43)45-2/h3-9,17,21,26H,10-15,36H2,1-2H3/q+1/t17?,21-,29?,48?/m0/s1. The van der Waals surface area contributed by atoms with Crippen LogP contribution in [0.4, 0.5) is 32.4 Å². The molecule has 1 saturated carbocycles. The van der Waals surface area contributed by atoms with Crippen molar-refractivity contribution in [2.45, 2.75) is 55.2 Å². The third-order valence-electron chi connectivity index (χ3n) is 8.60. The molecule has 3 fully saturated rings. The van der Waals surface area contributed by atoms with Gasteiger partial charge in [0.2, 0.25) is 17.6 Å². The number of hydrogen-bond acceptors (Lipinski definition) is 9. The lowest BCUT2D eigenvalue weighted by molar-refractivity contribution is -0.253. The second-order valence-corrected chi connectivity index (χ2v) is 14.2. The molecule has 2 bridgehead atoms. The summed E-state index contributed by atoms with van der Waals surface area (Å²) in [6.07, 6.45) is -6.66. The van der Waals surface area contributed by atoms with Crippen LogP contribution in [0.15, 0.2) is 45.8 Å². The summed E-state index contributed by atoms with van der Waals surface area (Å²) in [5.41, 5.74) is 5.64. The number of hydrogen-bond donors (Lipinski definition) is 1. The minimum absolute atomic E-state index is 0.0211. The summed E-state index contributed by atoms with van der Waals surface area (Å²) in [6.45, 7) is 2.03. The van der Waals surface area contributed by atoms with Gasteiger partial charge >= 0.3 is 18.6 Å². The molecule has 0 radical (unpaired) electrons. The molecule has 3 aliphatic heterocycles. The summed E-state index contributed by atoms with van der Waals surface area (Å²) in [4.78, 5) is 32.9. The number of ether oxygens (including phenoxy) is 2. The van der Waals surface area contributed by atoms with Crippen LogP contribution in [0.2, 0.25) is 0 Å². The Morgan fingerprint density at radius 2 is 1.98 bits per heavy atom. The lowest BCUT2D eigenvalue weighted by Crippen LogP contribution is -2.60. The number of fused-ring (bicyclic) bond motifs is 3. The number of amides is 2. The Balaban J connectivity index is 1.39. The van der Waals surface area contributed by atoms with Crippen molar-refractivity contribution < 1.29 is 49.7 Å². The second-order valence-electron chi connectivity index (χ2n) is 11.9. The summed E-state index contributed by atoms with van der Waals surface area (Å²) in [5, 5.41) is 4.00. The molecule has 3 aromatic rings. The van der Waals surface area contributed by atoms with Gasteiger partial charge in [0.25, 0.3) is 15.9 Å². The molecule has 48 heavy (non-hydrogen) atoms. The Kier molecular flexibility index (Phi) is 8.46. The first-order chi connectivity index (χ1) is 22.7. The largest absolute Gasteiger partial charge is 0.461 e. The molecule has 2 saturated heterocycles. The van der Waals surface area contributed by atoms with E-state index in [4.69, 9.17) is 15.0 Å². The van der Waals surface area contributed by atoms with Crippen LogP contribution in [-0.4, -0.2) is 82.0 Å². The zero-order chi connectivity index (χ0) is 34.6. The Labute approximate surface area is 270 Å². The Bertz CT molecular complexity index is 1920. The van der Waals surface area contributed by atoms with E-state index in [1.807, 2.05) is 0 Å². The summed E-state index contributed by atoms with van der Waals surface area (Å²) >= 11 is 0. The number of methoxy groups -OCH3 is 1. The van der Waals surface area contributed by atoms with E-state index in [2.05, 4.69) is 18.9 Å². The molecule has 2 atom stereocenters. The molecular weight excluding hydrogens is 667 g/mol. The average molecular weight is 698 g/mol. The minimum atomic E-state index is -4.72. The fourth-order valence-electron chi connectivity index (χ4n) is 6.49. The number of nitrogens with two attached hydrogens (primary N) is 1. The van der Waals surface area contributed by atoms with Gasteiger partial charge in [-0.05, 0) is 52.6 Å². The molecule has 12 nitrogen and oxygen atoms in total. The molecule has 0 spiro atoms. The smallest absolute Gasteiger partial charge is 0.453 e. The number of anilines is 1. The van der Waals surface area contributed by atoms with E-state index < -0.39 is 63.0 Å². The molecule has 4 aliphatic rings. The normalized spacial score (nSPS) is 25.1. The zero-order valence-electron chi connectivity index (χ0n) is 25.6. The van der Waals surface area contributed by atoms with Crippen LogP contribution < -0.4 is 19.4 Å². The van der Waals surface area contributed by atoms with Gasteiger partial charge < -0.3 is 29.5 Å². The van der Waals surface area contributed by atoms with E-state index in [-0.39, 0.29) is 46.9 Å². The van der Waals surface area contributed by atoms with E-state index in [0.29, 0.717) is 24.9 Å². The molecule has 18 heteroatoms. The summed E-state index contributed by atoms with van der Waals surface area (Å²) in [5.74, 6) is -2.32. The average Bonchev–Trinajstić information content (AvgIpc) is 3.51. The number of carbonyl (C=O) groups excluding carboxylic acids is 2. The Morgan fingerprint density at radius 1 is 1.27 bits per heavy atom. The quantitative estimate of drug-likeness (QED) is 0.221. The molecule has 7 rings (SSSR count). The monoisotopic (exact) mass is 697 g/mol. The summed E-state index contributed by atoms with van der Waals surface area (Å²) in [6, 6.07) is 5.47. The van der Waals surface area contributed by atoms with Crippen LogP contribution in [-0.2, 0) is 31.2 Å². The van der Waals surface area contributed by atoms with Crippen molar-refractivity contribution in [1.29, 1.82) is 0 Å². The van der Waals surface area contributed by atoms with Crippen LogP contribution in [0.25, 0.3) is 11.4 Å². The molecule has 4 heterocycles.